The van der Waals surface area contributed by atoms with Crippen LogP contribution < -0.4 is 0 Å². The summed E-state index contributed by atoms with van der Waals surface area (Å²) < 4.78 is 0. The molecule has 0 unspecified atom stereocenters. The second-order valence-corrected chi connectivity index (χ2v) is 4.24. The van der Waals surface area contributed by atoms with E-state index in [2.05, 4.69) is 19.8 Å². The van der Waals surface area contributed by atoms with Crippen molar-refractivity contribution in [3.63, 3.8) is 0 Å². The Morgan fingerprint density at radius 3 is 2.60 bits per heavy atom. The van der Waals surface area contributed by atoms with E-state index in [1.807, 2.05) is 23.5 Å². The van der Waals surface area contributed by atoms with Gasteiger partial charge < -0.3 is 0 Å². The van der Waals surface area contributed by atoms with E-state index in [0.29, 0.717) is 0 Å². The fraction of sp³-hybridized carbons (Fsp3) is 0.750. The Morgan fingerprint density at radius 2 is 2.10 bits per heavy atom. The van der Waals surface area contributed by atoms with E-state index in [4.69, 9.17) is 0 Å². The topological polar surface area (TPSA) is 0 Å². The third-order valence-electron chi connectivity index (χ3n) is 1.24. The molecule has 0 aromatic carbocycles. The SMILES string of the molecule is C=C(CC)CSCCSC. The van der Waals surface area contributed by atoms with E-state index < -0.39 is 0 Å². The number of hydrogen-bond donors (Lipinski definition) is 0. The maximum atomic E-state index is 3.94. The van der Waals surface area contributed by atoms with Crippen LogP contribution in [0.2, 0.25) is 0 Å². The molecule has 0 saturated carbocycles. The maximum Gasteiger partial charge on any atom is 0.0140 e. The second kappa shape index (κ2) is 7.55. The Hall–Kier alpha value is 0.440. The van der Waals surface area contributed by atoms with Crippen LogP contribution in [-0.2, 0) is 0 Å². The molecule has 0 atom stereocenters. The van der Waals surface area contributed by atoms with Gasteiger partial charge in [0.25, 0.3) is 0 Å². The van der Waals surface area contributed by atoms with Gasteiger partial charge in [-0.05, 0) is 12.7 Å². The molecule has 0 fully saturated rings. The van der Waals surface area contributed by atoms with E-state index in [-0.39, 0.29) is 0 Å². The highest BCUT2D eigenvalue weighted by Crippen LogP contribution is 2.10. The zero-order valence-corrected chi connectivity index (χ0v) is 8.49. The molecule has 0 radical (unpaired) electrons. The van der Waals surface area contributed by atoms with Crippen LogP contribution in [0, 0.1) is 0 Å². The smallest absolute Gasteiger partial charge is 0.0140 e. The van der Waals surface area contributed by atoms with Crippen molar-refractivity contribution in [2.45, 2.75) is 13.3 Å². The Balaban J connectivity index is 2.96. The molecule has 0 bridgehead atoms. The number of rotatable bonds is 6. The summed E-state index contributed by atoms with van der Waals surface area (Å²) >= 11 is 3.90. The van der Waals surface area contributed by atoms with Gasteiger partial charge in [-0.2, -0.15) is 23.5 Å². The summed E-state index contributed by atoms with van der Waals surface area (Å²) in [5.74, 6) is 3.68. The first-order valence-corrected chi connectivity index (χ1v) is 6.09. The standard InChI is InChI=1S/C8H16S2/c1-4-8(2)7-10-6-5-9-3/h2,4-7H2,1,3H3. The predicted octanol–water partition coefficient (Wildman–Crippen LogP) is 3.05. The van der Waals surface area contributed by atoms with Gasteiger partial charge in [0.15, 0.2) is 0 Å². The summed E-state index contributed by atoms with van der Waals surface area (Å²) in [5.41, 5.74) is 1.37. The van der Waals surface area contributed by atoms with Gasteiger partial charge in [0.1, 0.15) is 0 Å². The molecule has 0 saturated heterocycles. The third kappa shape index (κ3) is 6.56. The molecule has 0 nitrogen and oxygen atoms in total. The van der Waals surface area contributed by atoms with E-state index in [0.717, 1.165) is 12.2 Å². The van der Waals surface area contributed by atoms with E-state index in [1.165, 1.54) is 17.1 Å². The van der Waals surface area contributed by atoms with Gasteiger partial charge in [0.2, 0.25) is 0 Å². The monoisotopic (exact) mass is 176 g/mol. The van der Waals surface area contributed by atoms with Crippen molar-refractivity contribution in [1.29, 1.82) is 0 Å². The van der Waals surface area contributed by atoms with Crippen molar-refractivity contribution >= 4 is 23.5 Å². The molecule has 0 rings (SSSR count). The average Bonchev–Trinajstić information content (AvgIpc) is 1.98. The molecule has 0 aromatic rings. The molecule has 10 heavy (non-hydrogen) atoms. The molecule has 0 aliphatic heterocycles. The summed E-state index contributed by atoms with van der Waals surface area (Å²) in [6.07, 6.45) is 3.28. The van der Waals surface area contributed by atoms with Crippen LogP contribution in [0.15, 0.2) is 12.2 Å². The van der Waals surface area contributed by atoms with Crippen molar-refractivity contribution in [2.75, 3.05) is 23.5 Å². The minimum atomic E-state index is 1.13. The Labute approximate surface area is 72.9 Å². The molecule has 0 aromatic heterocycles. The Kier molecular flexibility index (Phi) is 7.88. The summed E-state index contributed by atoms with van der Waals surface area (Å²) in [4.78, 5) is 0. The fourth-order valence-electron chi connectivity index (χ4n) is 0.461. The summed E-state index contributed by atoms with van der Waals surface area (Å²) in [7, 11) is 0. The normalized spacial score (nSPS) is 9.80. The highest BCUT2D eigenvalue weighted by molar-refractivity contribution is 8.02. The van der Waals surface area contributed by atoms with Crippen molar-refractivity contribution in [3.05, 3.63) is 12.2 Å². The molecule has 0 spiro atoms. The lowest BCUT2D eigenvalue weighted by Crippen LogP contribution is -1.87. The van der Waals surface area contributed by atoms with E-state index in [9.17, 15) is 0 Å². The molecular weight excluding hydrogens is 160 g/mol. The Bertz CT molecular complexity index is 89.3. The third-order valence-corrected chi connectivity index (χ3v) is 3.21. The van der Waals surface area contributed by atoms with Crippen LogP contribution in [0.3, 0.4) is 0 Å². The zero-order chi connectivity index (χ0) is 7.82. The minimum Gasteiger partial charge on any atom is -0.165 e. The Morgan fingerprint density at radius 1 is 1.40 bits per heavy atom. The number of hydrogen-bond acceptors (Lipinski definition) is 2. The van der Waals surface area contributed by atoms with Gasteiger partial charge in [-0.15, -0.1) is 0 Å². The van der Waals surface area contributed by atoms with E-state index >= 15 is 0 Å². The van der Waals surface area contributed by atoms with Crippen molar-refractivity contribution in [3.8, 4) is 0 Å². The number of thioether (sulfide) groups is 2. The zero-order valence-electron chi connectivity index (χ0n) is 6.85. The quantitative estimate of drug-likeness (QED) is 0.451. The van der Waals surface area contributed by atoms with Crippen LogP contribution in [0.25, 0.3) is 0 Å². The van der Waals surface area contributed by atoms with Crippen LogP contribution in [-0.4, -0.2) is 23.5 Å². The molecule has 0 heterocycles. The lowest BCUT2D eigenvalue weighted by molar-refractivity contribution is 1.12. The minimum absolute atomic E-state index is 1.13. The highest BCUT2D eigenvalue weighted by Gasteiger charge is 1.90. The van der Waals surface area contributed by atoms with Crippen LogP contribution in [0.1, 0.15) is 13.3 Å². The predicted molar refractivity (Wildman–Crippen MR) is 55.1 cm³/mol. The second-order valence-electron chi connectivity index (χ2n) is 2.15. The molecule has 0 N–H and O–H groups in total. The average molecular weight is 176 g/mol. The maximum absolute atomic E-state index is 3.94. The molecule has 0 aliphatic rings. The van der Waals surface area contributed by atoms with Crippen molar-refractivity contribution in [1.82, 2.24) is 0 Å². The lowest BCUT2D eigenvalue weighted by atomic mass is 10.3. The van der Waals surface area contributed by atoms with Crippen LogP contribution >= 0.6 is 23.5 Å². The van der Waals surface area contributed by atoms with Crippen molar-refractivity contribution in [2.24, 2.45) is 0 Å². The summed E-state index contributed by atoms with van der Waals surface area (Å²) in [5, 5.41) is 0. The van der Waals surface area contributed by atoms with Crippen LogP contribution in [0.5, 0.6) is 0 Å². The highest BCUT2D eigenvalue weighted by atomic mass is 32.2. The van der Waals surface area contributed by atoms with Crippen molar-refractivity contribution < 1.29 is 0 Å². The first-order chi connectivity index (χ1) is 4.81. The van der Waals surface area contributed by atoms with Gasteiger partial charge in [-0.3, -0.25) is 0 Å². The first-order valence-electron chi connectivity index (χ1n) is 3.54. The van der Waals surface area contributed by atoms with Crippen LogP contribution in [0.4, 0.5) is 0 Å². The molecule has 0 amide bonds. The van der Waals surface area contributed by atoms with Gasteiger partial charge in [-0.1, -0.05) is 19.1 Å². The van der Waals surface area contributed by atoms with Gasteiger partial charge in [0, 0.05) is 17.3 Å². The molecule has 60 valence electrons. The molecule has 2 heteroatoms. The van der Waals surface area contributed by atoms with E-state index in [1.54, 1.807) is 0 Å². The summed E-state index contributed by atoms with van der Waals surface area (Å²) in [6.45, 7) is 6.11. The molecule has 0 aliphatic carbocycles. The largest absolute Gasteiger partial charge is 0.165 e. The lowest BCUT2D eigenvalue weighted by Gasteiger charge is -2.00. The summed E-state index contributed by atoms with van der Waals surface area (Å²) in [6, 6.07) is 0. The van der Waals surface area contributed by atoms with Gasteiger partial charge in [-0.25, -0.2) is 0 Å². The van der Waals surface area contributed by atoms with Gasteiger partial charge in [0.05, 0.1) is 0 Å². The first kappa shape index (κ1) is 10.4. The fourth-order valence-corrected chi connectivity index (χ4v) is 2.24. The van der Waals surface area contributed by atoms with Gasteiger partial charge >= 0.3 is 0 Å². The molecular formula is C8H16S2.